The van der Waals surface area contributed by atoms with Gasteiger partial charge in [0.15, 0.2) is 0 Å². The van der Waals surface area contributed by atoms with Gasteiger partial charge in [-0.2, -0.15) is 0 Å². The molecule has 0 aliphatic heterocycles. The molecule has 0 amide bonds. The van der Waals surface area contributed by atoms with Gasteiger partial charge in [0.2, 0.25) is 0 Å². The van der Waals surface area contributed by atoms with Crippen molar-refractivity contribution in [2.75, 3.05) is 12.8 Å². The molecule has 4 heteroatoms. The molecule has 2 nitrogen and oxygen atoms in total. The van der Waals surface area contributed by atoms with E-state index in [0.717, 1.165) is 12.2 Å². The molecule has 0 bridgehead atoms. The normalized spacial score (nSPS) is 11.7. The third-order valence-electron chi connectivity index (χ3n) is 6.21. The first-order valence-corrected chi connectivity index (χ1v) is 20.2. The van der Waals surface area contributed by atoms with Crippen LogP contribution in [0.5, 0.6) is 0 Å². The number of rotatable bonds is 14. The molecule has 0 saturated heterocycles. The Bertz CT molecular complexity index is 741. The zero-order chi connectivity index (χ0) is 21.8. The average molecular weight is 533 g/mol. The van der Waals surface area contributed by atoms with Crippen LogP contribution in [0.3, 0.4) is 0 Å². The second kappa shape index (κ2) is 13.7. The van der Waals surface area contributed by atoms with E-state index in [2.05, 4.69) is 68.6 Å². The first kappa shape index (κ1) is 25.6. The van der Waals surface area contributed by atoms with Crippen molar-refractivity contribution in [1.82, 2.24) is 5.32 Å². The van der Waals surface area contributed by atoms with Gasteiger partial charge in [-0.1, -0.05) is 0 Å². The fourth-order valence-electron chi connectivity index (χ4n) is 4.38. The van der Waals surface area contributed by atoms with Gasteiger partial charge in [0.05, 0.1) is 0 Å². The molecule has 0 fully saturated rings. The van der Waals surface area contributed by atoms with Crippen LogP contribution in [0.25, 0.3) is 0 Å². The number of hydrogen-bond donors (Lipinski definition) is 2. The summed E-state index contributed by atoms with van der Waals surface area (Å²) in [6.07, 6.45) is 8.08. The van der Waals surface area contributed by atoms with Crippen LogP contribution in [-0.2, 0) is 6.54 Å². The van der Waals surface area contributed by atoms with Crippen LogP contribution < -0.4 is 14.6 Å². The van der Waals surface area contributed by atoms with Gasteiger partial charge in [-0.05, 0) is 0 Å². The van der Waals surface area contributed by atoms with Crippen LogP contribution in [0.15, 0.2) is 52.3 Å². The predicted octanol–water partition coefficient (Wildman–Crippen LogP) is 7.20. The summed E-state index contributed by atoms with van der Waals surface area (Å²) in [6.45, 7) is 7.90. The number of hydrogen-bond acceptors (Lipinski definition) is 3. The van der Waals surface area contributed by atoms with E-state index in [1.807, 2.05) is 18.8 Å². The van der Waals surface area contributed by atoms with Crippen LogP contribution in [0.4, 0.5) is 5.69 Å². The van der Waals surface area contributed by atoms with Gasteiger partial charge in [-0.15, -0.1) is 0 Å². The molecule has 3 N–H and O–H groups in total. The van der Waals surface area contributed by atoms with E-state index in [9.17, 15) is 0 Å². The Hall–Kier alpha value is -0.651. The second-order valence-corrected chi connectivity index (χ2v) is 22.9. The number of anilines is 1. The summed E-state index contributed by atoms with van der Waals surface area (Å²) in [6, 6.07) is 15.8. The van der Waals surface area contributed by atoms with Gasteiger partial charge in [0, 0.05) is 0 Å². The number of nitrogens with one attached hydrogen (secondary N) is 1. The number of unbranched alkanes of at least 4 members (excludes halogenated alkanes) is 3. The molecule has 0 heterocycles. The summed E-state index contributed by atoms with van der Waals surface area (Å²) in [5, 5.41) is 3.28. The van der Waals surface area contributed by atoms with Crippen molar-refractivity contribution in [2.24, 2.45) is 0 Å². The Balaban J connectivity index is 2.34. The summed E-state index contributed by atoms with van der Waals surface area (Å²) < 4.78 is 6.14. The first-order valence-electron chi connectivity index (χ1n) is 11.9. The summed E-state index contributed by atoms with van der Waals surface area (Å²) in [5.74, 6) is 0. The summed E-state index contributed by atoms with van der Waals surface area (Å²) in [5.41, 5.74) is 8.98. The van der Waals surface area contributed by atoms with E-state index in [0.29, 0.717) is 0 Å². The molecule has 2 aromatic rings. The minimum atomic E-state index is -2.42. The SMILES string of the molecule is CCC[CH2][Sn]([CH2]CCC)([CH2]CCC)[c]1ccc(Sc2ccccc2CNC)c(N)c1. The molecular formula is C26H42N2SSn. The molecule has 0 saturated carbocycles. The van der Waals surface area contributed by atoms with Gasteiger partial charge >= 0.3 is 194 Å². The summed E-state index contributed by atoms with van der Waals surface area (Å²) in [7, 11) is 2.00. The number of nitrogens with two attached hydrogens (primary N) is 1. The monoisotopic (exact) mass is 534 g/mol. The van der Waals surface area contributed by atoms with Gasteiger partial charge in [-0.3, -0.25) is 0 Å². The Morgan fingerprint density at radius 1 is 0.833 bits per heavy atom. The molecule has 30 heavy (non-hydrogen) atoms. The molecule has 0 spiro atoms. The van der Waals surface area contributed by atoms with E-state index in [-0.39, 0.29) is 0 Å². The van der Waals surface area contributed by atoms with Crippen molar-refractivity contribution >= 4 is 39.4 Å². The third kappa shape index (κ3) is 7.20. The number of nitrogen functional groups attached to an aromatic ring is 1. The molecule has 0 aliphatic carbocycles. The van der Waals surface area contributed by atoms with Gasteiger partial charge in [0.1, 0.15) is 0 Å². The Kier molecular flexibility index (Phi) is 11.7. The van der Waals surface area contributed by atoms with Crippen LogP contribution in [0, 0.1) is 0 Å². The Morgan fingerprint density at radius 2 is 1.43 bits per heavy atom. The van der Waals surface area contributed by atoms with Crippen molar-refractivity contribution in [3.8, 4) is 0 Å². The van der Waals surface area contributed by atoms with Crippen molar-refractivity contribution in [2.45, 2.75) is 88.9 Å². The molecule has 2 rings (SSSR count). The van der Waals surface area contributed by atoms with E-state index in [4.69, 9.17) is 5.73 Å². The second-order valence-electron chi connectivity index (χ2n) is 8.58. The third-order valence-corrected chi connectivity index (χ3v) is 23.0. The van der Waals surface area contributed by atoms with Crippen LogP contribution in [0.2, 0.25) is 13.3 Å². The minimum absolute atomic E-state index is 0.881. The molecule has 0 unspecified atom stereocenters. The van der Waals surface area contributed by atoms with E-state index in [1.54, 1.807) is 3.58 Å². The predicted molar refractivity (Wildman–Crippen MR) is 139 cm³/mol. The van der Waals surface area contributed by atoms with E-state index in [1.165, 1.54) is 67.2 Å². The van der Waals surface area contributed by atoms with Gasteiger partial charge < -0.3 is 0 Å². The van der Waals surface area contributed by atoms with Crippen LogP contribution in [0.1, 0.15) is 64.9 Å². The fourth-order valence-corrected chi connectivity index (χ4v) is 21.3. The summed E-state index contributed by atoms with van der Waals surface area (Å²) in [4.78, 5) is 2.49. The molecule has 166 valence electrons. The topological polar surface area (TPSA) is 38.0 Å². The van der Waals surface area contributed by atoms with E-state index < -0.39 is 18.4 Å². The quantitative estimate of drug-likeness (QED) is 0.199. The molecule has 0 radical (unpaired) electrons. The van der Waals surface area contributed by atoms with Crippen molar-refractivity contribution in [3.63, 3.8) is 0 Å². The maximum atomic E-state index is 6.67. The molecule has 0 atom stereocenters. The average Bonchev–Trinajstić information content (AvgIpc) is 2.76. The zero-order valence-corrected chi connectivity index (χ0v) is 23.3. The van der Waals surface area contributed by atoms with Crippen molar-refractivity contribution < 1.29 is 0 Å². The molecular weight excluding hydrogens is 491 g/mol. The van der Waals surface area contributed by atoms with Crippen molar-refractivity contribution in [1.29, 1.82) is 0 Å². The number of benzene rings is 2. The standard InChI is InChI=1S/C14H15N2S.3C4H9.Sn/c1-16-10-11-6-2-4-8-13(11)17-14-9-5-3-7-12(14)15;3*1-3-4-2;/h2,4-9,16H,10,15H2,1H3;3*1,3-4H2,2H3;. The van der Waals surface area contributed by atoms with Crippen molar-refractivity contribution in [3.05, 3.63) is 48.0 Å². The van der Waals surface area contributed by atoms with E-state index >= 15 is 0 Å². The fraction of sp³-hybridized carbons (Fsp3) is 0.538. The first-order chi connectivity index (χ1) is 14.6. The summed E-state index contributed by atoms with van der Waals surface area (Å²) >= 11 is -0.606. The zero-order valence-electron chi connectivity index (χ0n) is 19.6. The Morgan fingerprint density at radius 3 is 1.97 bits per heavy atom. The molecule has 2 aromatic carbocycles. The Labute approximate surface area is 193 Å². The maximum absolute atomic E-state index is 6.67. The van der Waals surface area contributed by atoms with Crippen LogP contribution >= 0.6 is 11.8 Å². The van der Waals surface area contributed by atoms with Gasteiger partial charge in [-0.25, -0.2) is 0 Å². The van der Waals surface area contributed by atoms with Gasteiger partial charge in [0.25, 0.3) is 0 Å². The molecule has 0 aliphatic rings. The van der Waals surface area contributed by atoms with Crippen LogP contribution in [-0.4, -0.2) is 25.4 Å². The molecule has 0 aromatic heterocycles.